The van der Waals surface area contributed by atoms with Crippen molar-refractivity contribution in [2.45, 2.75) is 38.3 Å². The first-order valence-electron chi connectivity index (χ1n) is 10.6. The van der Waals surface area contributed by atoms with Crippen molar-refractivity contribution >= 4 is 16.8 Å². The van der Waals surface area contributed by atoms with Crippen molar-refractivity contribution in [3.05, 3.63) is 65.1 Å². The summed E-state index contributed by atoms with van der Waals surface area (Å²) in [6, 6.07) is 14.1. The highest BCUT2D eigenvalue weighted by Gasteiger charge is 2.33. The molecule has 32 heavy (non-hydrogen) atoms. The SMILES string of the molecule is COc1cc(OCc2nnn[nH]2)c2c3c(n(Cc4ccccc4)c2c1)CCCC3C(N)=O. The molecule has 2 aromatic heterocycles. The lowest BCUT2D eigenvalue weighted by molar-refractivity contribution is -0.119. The highest BCUT2D eigenvalue weighted by molar-refractivity contribution is 5.98. The third-order valence-corrected chi connectivity index (χ3v) is 6.02. The molecule has 0 fully saturated rings. The smallest absolute Gasteiger partial charge is 0.225 e. The fourth-order valence-corrected chi connectivity index (χ4v) is 4.61. The number of nitrogens with zero attached hydrogens (tertiary/aromatic N) is 4. The van der Waals surface area contributed by atoms with Crippen molar-refractivity contribution in [2.24, 2.45) is 5.73 Å². The summed E-state index contributed by atoms with van der Waals surface area (Å²) in [5.74, 6) is 1.12. The summed E-state index contributed by atoms with van der Waals surface area (Å²) in [5, 5.41) is 14.7. The van der Waals surface area contributed by atoms with Gasteiger partial charge in [-0.2, -0.15) is 0 Å². The van der Waals surface area contributed by atoms with E-state index in [1.54, 1.807) is 7.11 Å². The van der Waals surface area contributed by atoms with E-state index in [0.29, 0.717) is 23.9 Å². The van der Waals surface area contributed by atoms with Crippen molar-refractivity contribution in [1.29, 1.82) is 0 Å². The largest absolute Gasteiger partial charge is 0.497 e. The number of primary amides is 1. The fourth-order valence-electron chi connectivity index (χ4n) is 4.61. The Labute approximate surface area is 184 Å². The average Bonchev–Trinajstić information content (AvgIpc) is 3.44. The molecule has 1 amide bonds. The Morgan fingerprint density at radius 1 is 1.28 bits per heavy atom. The van der Waals surface area contributed by atoms with Gasteiger partial charge in [-0.3, -0.25) is 4.79 Å². The molecule has 5 rings (SSSR count). The van der Waals surface area contributed by atoms with Crippen molar-refractivity contribution in [1.82, 2.24) is 25.2 Å². The average molecular weight is 432 g/mol. The van der Waals surface area contributed by atoms with Gasteiger partial charge in [0.1, 0.15) is 18.1 Å². The van der Waals surface area contributed by atoms with Crippen molar-refractivity contribution in [3.8, 4) is 11.5 Å². The normalized spacial score (nSPS) is 15.5. The molecule has 0 aliphatic heterocycles. The van der Waals surface area contributed by atoms with Gasteiger partial charge >= 0.3 is 0 Å². The van der Waals surface area contributed by atoms with Crippen LogP contribution in [0.5, 0.6) is 11.5 Å². The summed E-state index contributed by atoms with van der Waals surface area (Å²) >= 11 is 0. The van der Waals surface area contributed by atoms with E-state index in [2.05, 4.69) is 37.3 Å². The molecule has 4 aromatic rings. The van der Waals surface area contributed by atoms with Crippen molar-refractivity contribution in [2.75, 3.05) is 7.11 Å². The number of nitrogens with one attached hydrogen (secondary N) is 1. The molecule has 0 radical (unpaired) electrons. The minimum Gasteiger partial charge on any atom is -0.497 e. The number of ether oxygens (including phenoxy) is 2. The molecule has 1 unspecified atom stereocenters. The molecule has 2 heterocycles. The maximum Gasteiger partial charge on any atom is 0.225 e. The lowest BCUT2D eigenvalue weighted by atomic mass is 9.84. The molecule has 0 saturated heterocycles. The first kappa shape index (κ1) is 20.0. The number of benzene rings is 2. The standard InChI is InChI=1S/C23H24N6O3/c1-31-15-10-18-22(19(11-15)32-13-20-25-27-28-26-20)21-16(23(24)30)8-5-9-17(21)29(18)12-14-6-3-2-4-7-14/h2-4,6-7,10-11,16H,5,8-9,12-13H2,1H3,(H2,24,30)(H,25,26,27,28). The molecule has 1 atom stereocenters. The number of aromatic nitrogens is 5. The number of carbonyl (C=O) groups is 1. The van der Waals surface area contributed by atoms with E-state index in [-0.39, 0.29) is 18.4 Å². The highest BCUT2D eigenvalue weighted by atomic mass is 16.5. The van der Waals surface area contributed by atoms with Crippen LogP contribution >= 0.6 is 0 Å². The molecule has 1 aliphatic rings. The van der Waals surface area contributed by atoms with Gasteiger partial charge < -0.3 is 19.8 Å². The van der Waals surface area contributed by atoms with Gasteiger partial charge in [0.05, 0.1) is 18.5 Å². The molecule has 9 nitrogen and oxygen atoms in total. The first-order valence-corrected chi connectivity index (χ1v) is 10.6. The van der Waals surface area contributed by atoms with Gasteiger partial charge in [-0.15, -0.1) is 5.10 Å². The number of hydrogen-bond donors (Lipinski definition) is 2. The quantitative estimate of drug-likeness (QED) is 0.463. The van der Waals surface area contributed by atoms with E-state index in [9.17, 15) is 4.79 Å². The van der Waals surface area contributed by atoms with E-state index in [1.165, 1.54) is 5.56 Å². The van der Waals surface area contributed by atoms with Crippen LogP contribution in [-0.4, -0.2) is 38.2 Å². The van der Waals surface area contributed by atoms with E-state index in [4.69, 9.17) is 15.2 Å². The van der Waals surface area contributed by atoms with Crippen LogP contribution in [0, 0.1) is 0 Å². The number of aromatic amines is 1. The molecule has 3 N–H and O–H groups in total. The number of nitrogens with two attached hydrogens (primary N) is 1. The third-order valence-electron chi connectivity index (χ3n) is 6.02. The topological polar surface area (TPSA) is 121 Å². The van der Waals surface area contributed by atoms with E-state index in [1.807, 2.05) is 30.3 Å². The van der Waals surface area contributed by atoms with Gasteiger partial charge in [0, 0.05) is 29.8 Å². The summed E-state index contributed by atoms with van der Waals surface area (Å²) in [6.45, 7) is 0.839. The second-order valence-corrected chi connectivity index (χ2v) is 7.94. The predicted molar refractivity (Wildman–Crippen MR) is 117 cm³/mol. The van der Waals surface area contributed by atoms with Crippen LogP contribution < -0.4 is 15.2 Å². The van der Waals surface area contributed by atoms with Crippen LogP contribution in [0.1, 0.15) is 41.4 Å². The van der Waals surface area contributed by atoms with E-state index in [0.717, 1.165) is 41.4 Å². The van der Waals surface area contributed by atoms with Crippen LogP contribution in [-0.2, 0) is 24.4 Å². The summed E-state index contributed by atoms with van der Waals surface area (Å²) in [4.78, 5) is 12.4. The van der Waals surface area contributed by atoms with Gasteiger partial charge in [-0.1, -0.05) is 30.3 Å². The number of tetrazole rings is 1. The van der Waals surface area contributed by atoms with Crippen LogP contribution in [0.2, 0.25) is 0 Å². The monoisotopic (exact) mass is 432 g/mol. The maximum atomic E-state index is 12.4. The van der Waals surface area contributed by atoms with Gasteiger partial charge in [0.25, 0.3) is 0 Å². The first-order chi connectivity index (χ1) is 15.7. The second-order valence-electron chi connectivity index (χ2n) is 7.94. The molecule has 0 spiro atoms. The zero-order valence-corrected chi connectivity index (χ0v) is 17.7. The molecular formula is C23H24N6O3. The summed E-state index contributed by atoms with van der Waals surface area (Å²) < 4.78 is 14.0. The Balaban J connectivity index is 1.72. The van der Waals surface area contributed by atoms with Crippen molar-refractivity contribution < 1.29 is 14.3 Å². The highest BCUT2D eigenvalue weighted by Crippen LogP contribution is 2.45. The number of rotatable bonds is 7. The lowest BCUT2D eigenvalue weighted by Gasteiger charge is -2.22. The number of methoxy groups -OCH3 is 1. The van der Waals surface area contributed by atoms with Crippen LogP contribution in [0.25, 0.3) is 10.9 Å². The summed E-state index contributed by atoms with van der Waals surface area (Å²) in [5.41, 5.74) is 10.1. The molecule has 0 bridgehead atoms. The Bertz CT molecular complexity index is 1250. The number of H-pyrrole nitrogens is 1. The Morgan fingerprint density at radius 2 is 2.12 bits per heavy atom. The number of fused-ring (bicyclic) bond motifs is 3. The van der Waals surface area contributed by atoms with Crippen molar-refractivity contribution in [3.63, 3.8) is 0 Å². The molecule has 1 aliphatic carbocycles. The molecule has 9 heteroatoms. The van der Waals surface area contributed by atoms with Crippen LogP contribution in [0.4, 0.5) is 0 Å². The van der Waals surface area contributed by atoms with E-state index < -0.39 is 0 Å². The maximum absolute atomic E-state index is 12.4. The summed E-state index contributed by atoms with van der Waals surface area (Å²) in [7, 11) is 1.63. The minimum atomic E-state index is -0.360. The Hall–Kier alpha value is -3.88. The molecular weight excluding hydrogens is 408 g/mol. The molecule has 2 aromatic carbocycles. The third kappa shape index (κ3) is 3.55. The zero-order valence-electron chi connectivity index (χ0n) is 17.7. The fraction of sp³-hybridized carbons (Fsp3) is 0.304. The minimum absolute atomic E-state index is 0.162. The van der Waals surface area contributed by atoms with Gasteiger partial charge in [0.2, 0.25) is 5.91 Å². The number of hydrogen-bond acceptors (Lipinski definition) is 6. The molecule has 0 saturated carbocycles. The second kappa shape index (κ2) is 8.33. The van der Waals surface area contributed by atoms with Gasteiger partial charge in [0.15, 0.2) is 5.82 Å². The summed E-state index contributed by atoms with van der Waals surface area (Å²) in [6.07, 6.45) is 2.50. The number of carbonyl (C=O) groups excluding carboxylic acids is 1. The Kier molecular flexibility index (Phi) is 5.22. The lowest BCUT2D eigenvalue weighted by Crippen LogP contribution is -2.25. The van der Waals surface area contributed by atoms with Gasteiger partial charge in [-0.05, 0) is 40.8 Å². The zero-order chi connectivity index (χ0) is 22.1. The molecule has 164 valence electrons. The van der Waals surface area contributed by atoms with Gasteiger partial charge in [-0.25, -0.2) is 5.10 Å². The number of amides is 1. The Morgan fingerprint density at radius 3 is 2.84 bits per heavy atom. The van der Waals surface area contributed by atoms with Crippen LogP contribution in [0.3, 0.4) is 0 Å². The predicted octanol–water partition coefficient (Wildman–Crippen LogP) is 2.70. The van der Waals surface area contributed by atoms with Crippen LogP contribution in [0.15, 0.2) is 42.5 Å². The van der Waals surface area contributed by atoms with E-state index >= 15 is 0 Å².